The minimum absolute atomic E-state index is 0.675. The van der Waals surface area contributed by atoms with Crippen molar-refractivity contribution in [2.45, 2.75) is 39.0 Å². The topological polar surface area (TPSA) is 45.0 Å². The molecule has 0 heterocycles. The smallest absolute Gasteiger partial charge is 0.0621 e. The zero-order chi connectivity index (χ0) is 10.5. The maximum absolute atomic E-state index is 8.30. The molecule has 0 bridgehead atoms. The van der Waals surface area contributed by atoms with Crippen molar-refractivity contribution in [3.05, 3.63) is 0 Å². The molecular weight excluding hydrogens is 176 g/mol. The van der Waals surface area contributed by atoms with E-state index in [4.69, 9.17) is 10.00 Å². The van der Waals surface area contributed by atoms with E-state index in [9.17, 15) is 0 Å². The van der Waals surface area contributed by atoms with E-state index in [1.54, 1.807) is 0 Å². The molecule has 0 aliphatic heterocycles. The molecule has 0 aromatic heterocycles. The predicted octanol–water partition coefficient (Wildman–Crippen LogP) is 2.09. The molecule has 0 aliphatic carbocycles. The minimum Gasteiger partial charge on any atom is -0.380 e. The zero-order valence-electron chi connectivity index (χ0n) is 9.22. The maximum atomic E-state index is 8.30. The Morgan fingerprint density at radius 1 is 1.14 bits per heavy atom. The highest BCUT2D eigenvalue weighted by atomic mass is 16.5. The second kappa shape index (κ2) is 12.4. The van der Waals surface area contributed by atoms with Gasteiger partial charge >= 0.3 is 0 Å². The molecule has 0 rings (SSSR count). The lowest BCUT2D eigenvalue weighted by Gasteiger charge is -2.04. The summed E-state index contributed by atoms with van der Waals surface area (Å²) < 4.78 is 5.39. The molecule has 0 saturated heterocycles. The molecule has 0 aliphatic rings. The third-order valence-electron chi connectivity index (χ3n) is 1.96. The lowest BCUT2D eigenvalue weighted by Crippen LogP contribution is -2.21. The van der Waals surface area contributed by atoms with E-state index in [-0.39, 0.29) is 0 Å². The van der Waals surface area contributed by atoms with Gasteiger partial charge in [0.15, 0.2) is 0 Å². The molecule has 0 saturated carbocycles. The summed E-state index contributed by atoms with van der Waals surface area (Å²) in [4.78, 5) is 0. The van der Waals surface area contributed by atoms with Crippen LogP contribution in [0.2, 0.25) is 0 Å². The molecule has 0 radical (unpaired) electrons. The van der Waals surface area contributed by atoms with Crippen LogP contribution in [0.1, 0.15) is 39.0 Å². The van der Waals surface area contributed by atoms with Crippen LogP contribution in [0.25, 0.3) is 0 Å². The van der Waals surface area contributed by atoms with Crippen molar-refractivity contribution in [2.24, 2.45) is 0 Å². The van der Waals surface area contributed by atoms with Gasteiger partial charge in [0, 0.05) is 19.6 Å². The van der Waals surface area contributed by atoms with Crippen LogP contribution < -0.4 is 5.32 Å². The number of unbranched alkanes of at least 4 members (excludes halogenated alkanes) is 3. The Hall–Kier alpha value is -0.590. The highest BCUT2D eigenvalue weighted by Gasteiger charge is 1.89. The summed E-state index contributed by atoms with van der Waals surface area (Å²) in [6.45, 7) is 5.77. The molecule has 0 atom stereocenters. The molecule has 0 aromatic rings. The number of hydrogen-bond donors (Lipinski definition) is 1. The Labute approximate surface area is 87.4 Å². The first-order chi connectivity index (χ1) is 6.91. The Morgan fingerprint density at radius 2 is 2.00 bits per heavy atom. The van der Waals surface area contributed by atoms with Crippen LogP contribution in [0.3, 0.4) is 0 Å². The summed E-state index contributed by atoms with van der Waals surface area (Å²) in [6.07, 6.45) is 5.11. The average molecular weight is 198 g/mol. The van der Waals surface area contributed by atoms with E-state index in [0.717, 1.165) is 45.6 Å². The van der Waals surface area contributed by atoms with Gasteiger partial charge in [-0.1, -0.05) is 13.3 Å². The van der Waals surface area contributed by atoms with E-state index in [2.05, 4.69) is 18.3 Å². The van der Waals surface area contributed by atoms with Crippen LogP contribution >= 0.6 is 0 Å². The number of hydrogen-bond acceptors (Lipinski definition) is 3. The van der Waals surface area contributed by atoms with Crippen molar-refractivity contribution in [1.82, 2.24) is 5.32 Å². The van der Waals surface area contributed by atoms with Crippen LogP contribution in [0.5, 0.6) is 0 Å². The van der Waals surface area contributed by atoms with Gasteiger partial charge in [-0.2, -0.15) is 5.26 Å². The van der Waals surface area contributed by atoms with Gasteiger partial charge in [-0.15, -0.1) is 0 Å². The molecule has 0 amide bonds. The summed E-state index contributed by atoms with van der Waals surface area (Å²) in [5, 5.41) is 11.6. The number of nitriles is 1. The van der Waals surface area contributed by atoms with Crippen molar-refractivity contribution in [3.63, 3.8) is 0 Å². The lowest BCUT2D eigenvalue weighted by molar-refractivity contribution is 0.133. The molecular formula is C11H22N2O. The fourth-order valence-electron chi connectivity index (χ4n) is 1.07. The van der Waals surface area contributed by atoms with Gasteiger partial charge in [-0.3, -0.25) is 0 Å². The van der Waals surface area contributed by atoms with E-state index < -0.39 is 0 Å². The predicted molar refractivity (Wildman–Crippen MR) is 58.1 cm³/mol. The number of ether oxygens (including phenoxy) is 1. The van der Waals surface area contributed by atoms with E-state index in [0.29, 0.717) is 6.42 Å². The second-order valence-corrected chi connectivity index (χ2v) is 3.33. The van der Waals surface area contributed by atoms with Gasteiger partial charge in [0.05, 0.1) is 12.7 Å². The largest absolute Gasteiger partial charge is 0.380 e. The van der Waals surface area contributed by atoms with Crippen LogP contribution in [-0.2, 0) is 4.74 Å². The number of rotatable bonds is 10. The standard InChI is InChI=1S/C11H22N2O/c1-2-3-10-14-11-9-13-8-6-4-5-7-12/h13H,2-6,8-11H2,1H3. The van der Waals surface area contributed by atoms with Gasteiger partial charge in [0.1, 0.15) is 0 Å². The van der Waals surface area contributed by atoms with Gasteiger partial charge < -0.3 is 10.1 Å². The molecule has 82 valence electrons. The van der Waals surface area contributed by atoms with Gasteiger partial charge in [0.25, 0.3) is 0 Å². The highest BCUT2D eigenvalue weighted by Crippen LogP contribution is 1.91. The Bertz CT molecular complexity index is 143. The highest BCUT2D eigenvalue weighted by molar-refractivity contribution is 4.68. The van der Waals surface area contributed by atoms with Crippen LogP contribution in [0, 0.1) is 11.3 Å². The van der Waals surface area contributed by atoms with Crippen LogP contribution in [0.15, 0.2) is 0 Å². The fourth-order valence-corrected chi connectivity index (χ4v) is 1.07. The van der Waals surface area contributed by atoms with E-state index in [1.807, 2.05) is 0 Å². The average Bonchev–Trinajstić information content (AvgIpc) is 2.21. The summed E-state index contributed by atoms with van der Waals surface area (Å²) >= 11 is 0. The molecule has 0 fully saturated rings. The Balaban J connectivity index is 2.82. The third-order valence-corrected chi connectivity index (χ3v) is 1.96. The first-order valence-corrected chi connectivity index (χ1v) is 5.57. The summed E-state index contributed by atoms with van der Waals surface area (Å²) in [5.74, 6) is 0. The second-order valence-electron chi connectivity index (χ2n) is 3.33. The molecule has 0 unspecified atom stereocenters. The number of nitrogens with zero attached hydrogens (tertiary/aromatic N) is 1. The van der Waals surface area contributed by atoms with Crippen molar-refractivity contribution in [1.29, 1.82) is 5.26 Å². The zero-order valence-corrected chi connectivity index (χ0v) is 9.22. The quantitative estimate of drug-likeness (QED) is 0.547. The summed E-state index contributed by atoms with van der Waals surface area (Å²) in [6, 6.07) is 2.14. The Morgan fingerprint density at radius 3 is 2.71 bits per heavy atom. The SMILES string of the molecule is CCCCOCCNCCCCC#N. The first kappa shape index (κ1) is 13.4. The minimum atomic E-state index is 0.675. The molecule has 0 aromatic carbocycles. The lowest BCUT2D eigenvalue weighted by atomic mass is 10.2. The van der Waals surface area contributed by atoms with E-state index >= 15 is 0 Å². The van der Waals surface area contributed by atoms with E-state index in [1.165, 1.54) is 6.42 Å². The molecule has 3 heteroatoms. The molecule has 3 nitrogen and oxygen atoms in total. The Kier molecular flexibility index (Phi) is 11.9. The van der Waals surface area contributed by atoms with Crippen molar-refractivity contribution in [3.8, 4) is 6.07 Å². The maximum Gasteiger partial charge on any atom is 0.0621 e. The van der Waals surface area contributed by atoms with Crippen LogP contribution in [-0.4, -0.2) is 26.3 Å². The normalized spacial score (nSPS) is 10.0. The molecule has 1 N–H and O–H groups in total. The van der Waals surface area contributed by atoms with Crippen molar-refractivity contribution < 1.29 is 4.74 Å². The van der Waals surface area contributed by atoms with Crippen LogP contribution in [0.4, 0.5) is 0 Å². The monoisotopic (exact) mass is 198 g/mol. The van der Waals surface area contributed by atoms with Gasteiger partial charge in [-0.05, 0) is 25.8 Å². The fraction of sp³-hybridized carbons (Fsp3) is 0.909. The van der Waals surface area contributed by atoms with Crippen molar-refractivity contribution >= 4 is 0 Å². The van der Waals surface area contributed by atoms with Gasteiger partial charge in [0.2, 0.25) is 0 Å². The summed E-state index contributed by atoms with van der Waals surface area (Å²) in [5.41, 5.74) is 0. The third kappa shape index (κ3) is 11.4. The number of nitrogens with one attached hydrogen (secondary N) is 1. The van der Waals surface area contributed by atoms with Gasteiger partial charge in [-0.25, -0.2) is 0 Å². The first-order valence-electron chi connectivity index (χ1n) is 5.57. The molecule has 14 heavy (non-hydrogen) atoms. The summed E-state index contributed by atoms with van der Waals surface area (Å²) in [7, 11) is 0. The molecule has 0 spiro atoms. The van der Waals surface area contributed by atoms with Crippen molar-refractivity contribution in [2.75, 3.05) is 26.3 Å².